The second-order valence-electron chi connectivity index (χ2n) is 3.87. The molecule has 0 amide bonds. The Kier molecular flexibility index (Phi) is 2.78. The minimum Gasteiger partial charge on any atom is -0.282 e. The highest BCUT2D eigenvalue weighted by Crippen LogP contribution is 2.22. The van der Waals surface area contributed by atoms with Gasteiger partial charge in [0.1, 0.15) is 0 Å². The Bertz CT molecular complexity index is 443. The fourth-order valence-corrected chi connectivity index (χ4v) is 1.53. The number of benzene rings is 1. The van der Waals surface area contributed by atoms with Crippen molar-refractivity contribution in [2.75, 3.05) is 0 Å². The average Bonchev–Trinajstić information content (AvgIpc) is 2.68. The zero-order valence-corrected chi connectivity index (χ0v) is 9.55. The molecule has 3 heteroatoms. The Morgan fingerprint density at radius 1 is 1.20 bits per heavy atom. The first-order chi connectivity index (χ1) is 7.16. The van der Waals surface area contributed by atoms with Crippen molar-refractivity contribution in [3.63, 3.8) is 0 Å². The number of hydrogen-bond acceptors (Lipinski definition) is 1. The Hall–Kier alpha value is -1.28. The highest BCUT2D eigenvalue weighted by Gasteiger charge is 2.06. The molecule has 0 bridgehead atoms. The molecule has 2 nitrogen and oxygen atoms in total. The summed E-state index contributed by atoms with van der Waals surface area (Å²) in [6.45, 7) is 4.28. The maximum Gasteiger partial charge on any atom is 0.0923 e. The van der Waals surface area contributed by atoms with Crippen LogP contribution in [0.15, 0.2) is 30.3 Å². The summed E-state index contributed by atoms with van der Waals surface area (Å²) >= 11 is 5.83. The van der Waals surface area contributed by atoms with Gasteiger partial charge in [-0.05, 0) is 24.1 Å². The van der Waals surface area contributed by atoms with E-state index in [1.54, 1.807) is 0 Å². The van der Waals surface area contributed by atoms with E-state index in [0.717, 1.165) is 22.0 Å². The number of nitrogens with one attached hydrogen (secondary N) is 1. The molecule has 1 aromatic carbocycles. The number of aromatic amines is 1. The molecule has 1 N–H and O–H groups in total. The number of aromatic nitrogens is 2. The number of halogens is 1. The molecule has 2 aromatic rings. The lowest BCUT2D eigenvalue weighted by atomic mass is 10.1. The van der Waals surface area contributed by atoms with E-state index in [4.69, 9.17) is 11.6 Å². The summed E-state index contributed by atoms with van der Waals surface area (Å²) in [5.41, 5.74) is 3.21. The van der Waals surface area contributed by atoms with Crippen LogP contribution in [0.5, 0.6) is 0 Å². The number of hydrogen-bond donors (Lipinski definition) is 1. The van der Waals surface area contributed by atoms with Crippen LogP contribution in [0.25, 0.3) is 11.3 Å². The second-order valence-corrected chi connectivity index (χ2v) is 4.31. The van der Waals surface area contributed by atoms with E-state index in [0.29, 0.717) is 5.92 Å². The standard InChI is InChI=1S/C12H13ClN2/c1-8(2)11-7-12(15-14-11)9-3-5-10(13)6-4-9/h3-8H,1-2H3,(H,14,15). The Morgan fingerprint density at radius 3 is 2.40 bits per heavy atom. The fourth-order valence-electron chi connectivity index (χ4n) is 1.40. The predicted molar refractivity (Wildman–Crippen MR) is 63.1 cm³/mol. The molecule has 78 valence electrons. The Labute approximate surface area is 94.3 Å². The van der Waals surface area contributed by atoms with Crippen molar-refractivity contribution in [3.8, 4) is 11.3 Å². The maximum atomic E-state index is 5.83. The van der Waals surface area contributed by atoms with E-state index in [9.17, 15) is 0 Å². The summed E-state index contributed by atoms with van der Waals surface area (Å²) < 4.78 is 0. The van der Waals surface area contributed by atoms with Crippen LogP contribution in [0.4, 0.5) is 0 Å². The van der Waals surface area contributed by atoms with Gasteiger partial charge in [0.2, 0.25) is 0 Å². The van der Waals surface area contributed by atoms with Crippen LogP contribution in [-0.4, -0.2) is 10.2 Å². The lowest BCUT2D eigenvalue weighted by molar-refractivity contribution is 0.811. The molecular weight excluding hydrogens is 208 g/mol. The van der Waals surface area contributed by atoms with Gasteiger partial charge >= 0.3 is 0 Å². The predicted octanol–water partition coefficient (Wildman–Crippen LogP) is 3.85. The van der Waals surface area contributed by atoms with Crippen molar-refractivity contribution < 1.29 is 0 Å². The van der Waals surface area contributed by atoms with Crippen LogP contribution in [0, 0.1) is 0 Å². The van der Waals surface area contributed by atoms with Crippen LogP contribution in [0.1, 0.15) is 25.5 Å². The van der Waals surface area contributed by atoms with Crippen LogP contribution in [0.2, 0.25) is 5.02 Å². The van der Waals surface area contributed by atoms with Gasteiger partial charge in [-0.2, -0.15) is 5.10 Å². The molecule has 0 fully saturated rings. The third-order valence-corrected chi connectivity index (χ3v) is 2.61. The molecule has 0 saturated heterocycles. The van der Waals surface area contributed by atoms with Gasteiger partial charge in [0.15, 0.2) is 0 Å². The van der Waals surface area contributed by atoms with Crippen molar-refractivity contribution >= 4 is 11.6 Å². The molecule has 0 aliphatic rings. The topological polar surface area (TPSA) is 28.7 Å². The van der Waals surface area contributed by atoms with E-state index in [-0.39, 0.29) is 0 Å². The van der Waals surface area contributed by atoms with Gasteiger partial charge in [0.05, 0.1) is 5.69 Å². The van der Waals surface area contributed by atoms with Crippen LogP contribution >= 0.6 is 11.6 Å². The van der Waals surface area contributed by atoms with Gasteiger partial charge in [-0.25, -0.2) is 0 Å². The molecule has 0 aliphatic heterocycles. The Morgan fingerprint density at radius 2 is 1.87 bits per heavy atom. The molecular formula is C12H13ClN2. The maximum absolute atomic E-state index is 5.83. The van der Waals surface area contributed by atoms with Gasteiger partial charge in [0, 0.05) is 16.3 Å². The minimum atomic E-state index is 0.471. The third kappa shape index (κ3) is 2.21. The summed E-state index contributed by atoms with van der Waals surface area (Å²) in [4.78, 5) is 0. The molecule has 0 saturated carbocycles. The highest BCUT2D eigenvalue weighted by atomic mass is 35.5. The molecule has 1 heterocycles. The zero-order chi connectivity index (χ0) is 10.8. The molecule has 15 heavy (non-hydrogen) atoms. The van der Waals surface area contributed by atoms with Crippen molar-refractivity contribution in [2.45, 2.75) is 19.8 Å². The quantitative estimate of drug-likeness (QED) is 0.818. The first kappa shape index (κ1) is 10.2. The summed E-state index contributed by atoms with van der Waals surface area (Å²) in [5.74, 6) is 0.471. The van der Waals surface area contributed by atoms with E-state index in [1.807, 2.05) is 24.3 Å². The summed E-state index contributed by atoms with van der Waals surface area (Å²) in [6, 6.07) is 9.78. The van der Waals surface area contributed by atoms with Gasteiger partial charge in [-0.15, -0.1) is 0 Å². The van der Waals surface area contributed by atoms with E-state index in [1.165, 1.54) is 0 Å². The largest absolute Gasteiger partial charge is 0.282 e. The molecule has 0 atom stereocenters. The first-order valence-corrected chi connectivity index (χ1v) is 5.36. The monoisotopic (exact) mass is 220 g/mol. The lowest BCUT2D eigenvalue weighted by Gasteiger charge is -1.97. The molecule has 0 radical (unpaired) electrons. The highest BCUT2D eigenvalue weighted by molar-refractivity contribution is 6.30. The summed E-state index contributed by atoms with van der Waals surface area (Å²) in [5, 5.41) is 8.05. The zero-order valence-electron chi connectivity index (χ0n) is 8.79. The minimum absolute atomic E-state index is 0.471. The van der Waals surface area contributed by atoms with Crippen molar-refractivity contribution in [1.29, 1.82) is 0 Å². The van der Waals surface area contributed by atoms with Gasteiger partial charge in [-0.1, -0.05) is 37.6 Å². The summed E-state index contributed by atoms with van der Waals surface area (Å²) in [7, 11) is 0. The van der Waals surface area contributed by atoms with Crippen molar-refractivity contribution in [2.24, 2.45) is 0 Å². The molecule has 1 aromatic heterocycles. The summed E-state index contributed by atoms with van der Waals surface area (Å²) in [6.07, 6.45) is 0. The second kappa shape index (κ2) is 4.07. The van der Waals surface area contributed by atoms with Crippen LogP contribution < -0.4 is 0 Å². The van der Waals surface area contributed by atoms with Crippen LogP contribution in [-0.2, 0) is 0 Å². The van der Waals surface area contributed by atoms with Gasteiger partial charge in [-0.3, -0.25) is 5.10 Å². The molecule has 0 aliphatic carbocycles. The SMILES string of the molecule is CC(C)c1cc(-c2ccc(Cl)cc2)n[nH]1. The first-order valence-electron chi connectivity index (χ1n) is 4.98. The Balaban J connectivity index is 2.33. The third-order valence-electron chi connectivity index (χ3n) is 2.36. The number of H-pyrrole nitrogens is 1. The van der Waals surface area contributed by atoms with Crippen LogP contribution in [0.3, 0.4) is 0 Å². The molecule has 0 unspecified atom stereocenters. The number of rotatable bonds is 2. The van der Waals surface area contributed by atoms with E-state index in [2.05, 4.69) is 30.1 Å². The van der Waals surface area contributed by atoms with E-state index >= 15 is 0 Å². The molecule has 2 rings (SSSR count). The smallest absolute Gasteiger partial charge is 0.0923 e. The van der Waals surface area contributed by atoms with Crippen molar-refractivity contribution in [3.05, 3.63) is 41.0 Å². The van der Waals surface area contributed by atoms with Crippen molar-refractivity contribution in [1.82, 2.24) is 10.2 Å². The normalized spacial score (nSPS) is 10.9. The van der Waals surface area contributed by atoms with Gasteiger partial charge in [0.25, 0.3) is 0 Å². The lowest BCUT2D eigenvalue weighted by Crippen LogP contribution is -1.85. The van der Waals surface area contributed by atoms with E-state index < -0.39 is 0 Å². The van der Waals surface area contributed by atoms with Gasteiger partial charge < -0.3 is 0 Å². The fraction of sp³-hybridized carbons (Fsp3) is 0.250. The average molecular weight is 221 g/mol. The molecule has 0 spiro atoms. The number of nitrogens with zero attached hydrogens (tertiary/aromatic N) is 1.